The number of nitrogens with one attached hydrogen (secondary N) is 1. The Hall–Kier alpha value is -2.15. The van der Waals surface area contributed by atoms with Crippen LogP contribution in [0.2, 0.25) is 5.02 Å². The van der Waals surface area contributed by atoms with Crippen LogP contribution in [0.4, 0.5) is 4.39 Å². The summed E-state index contributed by atoms with van der Waals surface area (Å²) in [5.74, 6) is -2.33. The number of halogens is 2. The number of amides is 1. The van der Waals surface area contributed by atoms with E-state index >= 15 is 0 Å². The zero-order valence-electron chi connectivity index (χ0n) is 13.3. The first-order chi connectivity index (χ1) is 11.8. The van der Waals surface area contributed by atoms with E-state index in [2.05, 4.69) is 5.32 Å². The third kappa shape index (κ3) is 3.20. The number of aliphatic carboxylic acids is 1. The van der Waals surface area contributed by atoms with Crippen molar-refractivity contribution in [2.75, 3.05) is 6.61 Å². The standard InChI is InChI=1S/C17H17ClFNO5/c18-11-2-1-10(7-12(11)19)25-9-14(22)20-16-3-5-17(6-4-16,15(23)24)13(21)8-16/h1-2,7H,3-6,8-9H2,(H,20,22)(H,23,24). The SMILES string of the molecule is O=C(COc1ccc(Cl)c(F)c1)NC12CCC(C(=O)O)(CC1)C(=O)C2. The molecule has 6 nitrogen and oxygen atoms in total. The second kappa shape index (κ2) is 6.29. The van der Waals surface area contributed by atoms with Gasteiger partial charge in [-0.1, -0.05) is 11.6 Å². The fourth-order valence-corrected chi connectivity index (χ4v) is 3.75. The molecule has 0 heterocycles. The smallest absolute Gasteiger partial charge is 0.317 e. The second-order valence-electron chi connectivity index (χ2n) is 6.68. The van der Waals surface area contributed by atoms with Gasteiger partial charge in [0, 0.05) is 18.0 Å². The third-order valence-electron chi connectivity index (χ3n) is 5.17. The number of hydrogen-bond acceptors (Lipinski definition) is 4. The predicted octanol–water partition coefficient (Wildman–Crippen LogP) is 2.33. The van der Waals surface area contributed by atoms with Gasteiger partial charge in [-0.15, -0.1) is 0 Å². The van der Waals surface area contributed by atoms with E-state index in [-0.39, 0.29) is 42.4 Å². The van der Waals surface area contributed by atoms with Gasteiger partial charge in [0.05, 0.1) is 5.02 Å². The Labute approximate surface area is 148 Å². The maximum atomic E-state index is 13.3. The van der Waals surface area contributed by atoms with Crippen molar-refractivity contribution < 1.29 is 28.6 Å². The number of carboxylic acid groups (broad SMARTS) is 1. The molecule has 0 aromatic heterocycles. The summed E-state index contributed by atoms with van der Waals surface area (Å²) in [5.41, 5.74) is -2.00. The van der Waals surface area contributed by atoms with E-state index in [4.69, 9.17) is 16.3 Å². The van der Waals surface area contributed by atoms with E-state index < -0.39 is 28.6 Å². The van der Waals surface area contributed by atoms with Crippen molar-refractivity contribution in [2.45, 2.75) is 37.6 Å². The van der Waals surface area contributed by atoms with E-state index in [1.807, 2.05) is 0 Å². The molecule has 2 N–H and O–H groups in total. The summed E-state index contributed by atoms with van der Waals surface area (Å²) in [6, 6.07) is 3.86. The van der Waals surface area contributed by atoms with E-state index in [0.29, 0.717) is 12.8 Å². The topological polar surface area (TPSA) is 92.7 Å². The molecule has 2 bridgehead atoms. The number of carbonyl (C=O) groups excluding carboxylic acids is 2. The molecule has 3 fully saturated rings. The van der Waals surface area contributed by atoms with Crippen LogP contribution in [0.25, 0.3) is 0 Å². The average Bonchev–Trinajstić information content (AvgIpc) is 2.56. The van der Waals surface area contributed by atoms with Gasteiger partial charge in [0.1, 0.15) is 17.0 Å². The molecule has 8 heteroatoms. The zero-order chi connectivity index (χ0) is 18.2. The fraction of sp³-hybridized carbons (Fsp3) is 0.471. The molecular formula is C17H17ClFNO5. The number of rotatable bonds is 5. The van der Waals surface area contributed by atoms with Crippen LogP contribution in [0.15, 0.2) is 18.2 Å². The van der Waals surface area contributed by atoms with Gasteiger partial charge in [-0.05, 0) is 37.8 Å². The van der Waals surface area contributed by atoms with E-state index in [1.165, 1.54) is 12.1 Å². The third-order valence-corrected chi connectivity index (χ3v) is 5.47. The van der Waals surface area contributed by atoms with Gasteiger partial charge in [-0.2, -0.15) is 0 Å². The summed E-state index contributed by atoms with van der Waals surface area (Å²) >= 11 is 5.58. The number of carboxylic acids is 1. The Morgan fingerprint density at radius 3 is 2.52 bits per heavy atom. The summed E-state index contributed by atoms with van der Waals surface area (Å²) in [6.45, 7) is -0.332. The molecule has 3 aliphatic carbocycles. The van der Waals surface area contributed by atoms with Gasteiger partial charge in [-0.3, -0.25) is 14.4 Å². The van der Waals surface area contributed by atoms with Crippen LogP contribution in [0.1, 0.15) is 32.1 Å². The molecule has 134 valence electrons. The van der Waals surface area contributed by atoms with Crippen LogP contribution in [0.3, 0.4) is 0 Å². The van der Waals surface area contributed by atoms with Crippen LogP contribution >= 0.6 is 11.6 Å². The molecule has 0 aliphatic heterocycles. The number of ether oxygens (including phenoxy) is 1. The van der Waals surface area contributed by atoms with Crippen molar-refractivity contribution in [1.82, 2.24) is 5.32 Å². The number of hydrogen-bond donors (Lipinski definition) is 2. The molecule has 0 spiro atoms. The molecule has 0 unspecified atom stereocenters. The van der Waals surface area contributed by atoms with Gasteiger partial charge in [0.15, 0.2) is 12.4 Å². The molecule has 3 aliphatic rings. The molecule has 0 radical (unpaired) electrons. The average molecular weight is 370 g/mol. The first-order valence-corrected chi connectivity index (χ1v) is 8.30. The lowest BCUT2D eigenvalue weighted by molar-refractivity contribution is -0.164. The van der Waals surface area contributed by atoms with Crippen molar-refractivity contribution >= 4 is 29.3 Å². The normalized spacial score (nSPS) is 27.8. The van der Waals surface area contributed by atoms with Gasteiger partial charge < -0.3 is 15.2 Å². The Balaban J connectivity index is 1.59. The highest BCUT2D eigenvalue weighted by Gasteiger charge is 2.58. The lowest BCUT2D eigenvalue weighted by Crippen LogP contribution is -2.62. The molecule has 1 aromatic rings. The van der Waals surface area contributed by atoms with Gasteiger partial charge in [0.25, 0.3) is 5.91 Å². The molecule has 4 rings (SSSR count). The fourth-order valence-electron chi connectivity index (χ4n) is 3.64. The van der Waals surface area contributed by atoms with E-state index in [1.54, 1.807) is 0 Å². The first kappa shape index (κ1) is 17.7. The summed E-state index contributed by atoms with van der Waals surface area (Å²) < 4.78 is 18.6. The molecule has 0 saturated heterocycles. The first-order valence-electron chi connectivity index (χ1n) is 7.92. The zero-order valence-corrected chi connectivity index (χ0v) is 14.1. The molecule has 1 aromatic carbocycles. The lowest BCUT2D eigenvalue weighted by atomic mass is 9.56. The number of benzene rings is 1. The van der Waals surface area contributed by atoms with Gasteiger partial charge in [0.2, 0.25) is 0 Å². The maximum absolute atomic E-state index is 13.3. The Morgan fingerprint density at radius 2 is 1.96 bits per heavy atom. The van der Waals surface area contributed by atoms with Crippen molar-refractivity contribution in [3.63, 3.8) is 0 Å². The quantitative estimate of drug-likeness (QED) is 0.777. The minimum atomic E-state index is -1.29. The Kier molecular flexibility index (Phi) is 4.45. The predicted molar refractivity (Wildman–Crippen MR) is 85.9 cm³/mol. The van der Waals surface area contributed by atoms with Crippen molar-refractivity contribution in [3.05, 3.63) is 29.0 Å². The molecular weight excluding hydrogens is 353 g/mol. The van der Waals surface area contributed by atoms with Gasteiger partial charge >= 0.3 is 5.97 Å². The summed E-state index contributed by atoms with van der Waals surface area (Å²) in [5, 5.41) is 12.1. The second-order valence-corrected chi connectivity index (χ2v) is 7.09. The summed E-state index contributed by atoms with van der Waals surface area (Å²) in [7, 11) is 0. The van der Waals surface area contributed by atoms with Crippen molar-refractivity contribution in [3.8, 4) is 5.75 Å². The highest BCUT2D eigenvalue weighted by molar-refractivity contribution is 6.30. The molecule has 3 saturated carbocycles. The minimum Gasteiger partial charge on any atom is -0.484 e. The molecule has 0 atom stereocenters. The maximum Gasteiger partial charge on any atom is 0.317 e. The Bertz CT molecular complexity index is 743. The molecule has 25 heavy (non-hydrogen) atoms. The van der Waals surface area contributed by atoms with Crippen LogP contribution in [0.5, 0.6) is 5.75 Å². The number of ketones is 1. The Morgan fingerprint density at radius 1 is 1.28 bits per heavy atom. The van der Waals surface area contributed by atoms with Crippen molar-refractivity contribution in [2.24, 2.45) is 5.41 Å². The van der Waals surface area contributed by atoms with Gasteiger partial charge in [-0.25, -0.2) is 4.39 Å². The number of fused-ring (bicyclic) bond motifs is 3. The lowest BCUT2D eigenvalue weighted by Gasteiger charge is -2.50. The molecule has 1 amide bonds. The monoisotopic (exact) mass is 369 g/mol. The summed E-state index contributed by atoms with van der Waals surface area (Å²) in [6.07, 6.45) is 1.34. The van der Waals surface area contributed by atoms with E-state index in [9.17, 15) is 23.9 Å². The highest BCUT2D eigenvalue weighted by atomic mass is 35.5. The van der Waals surface area contributed by atoms with Crippen LogP contribution < -0.4 is 10.1 Å². The number of carbonyl (C=O) groups is 3. The van der Waals surface area contributed by atoms with Crippen LogP contribution in [-0.2, 0) is 14.4 Å². The summed E-state index contributed by atoms with van der Waals surface area (Å²) in [4.78, 5) is 35.8. The minimum absolute atomic E-state index is 0.0145. The van der Waals surface area contributed by atoms with Crippen molar-refractivity contribution in [1.29, 1.82) is 0 Å². The number of Topliss-reactive ketones (excluding diaryl/α,β-unsaturated/α-hetero) is 1. The highest BCUT2D eigenvalue weighted by Crippen LogP contribution is 2.50. The van der Waals surface area contributed by atoms with Crippen LogP contribution in [0, 0.1) is 11.2 Å². The van der Waals surface area contributed by atoms with E-state index in [0.717, 1.165) is 6.07 Å². The van der Waals surface area contributed by atoms with Crippen LogP contribution in [-0.4, -0.2) is 34.9 Å². The largest absolute Gasteiger partial charge is 0.484 e.